The molecule has 0 aromatic heterocycles. The van der Waals surface area contributed by atoms with E-state index in [4.69, 9.17) is 16.3 Å². The molecule has 1 nitrogen and oxygen atoms in total. The van der Waals surface area contributed by atoms with Gasteiger partial charge in [0.2, 0.25) is 0 Å². The van der Waals surface area contributed by atoms with Gasteiger partial charge in [0, 0.05) is 4.90 Å². The van der Waals surface area contributed by atoms with Crippen molar-refractivity contribution < 1.29 is 4.74 Å². The summed E-state index contributed by atoms with van der Waals surface area (Å²) in [5.41, 5.74) is 0. The molecule has 0 atom stereocenters. The lowest BCUT2D eigenvalue weighted by Gasteiger charge is -2.06. The molecule has 1 aliphatic rings. The first kappa shape index (κ1) is 9.22. The van der Waals surface area contributed by atoms with Crippen LogP contribution in [0.3, 0.4) is 0 Å². The lowest BCUT2D eigenvalue weighted by molar-refractivity contribution is 0.302. The topological polar surface area (TPSA) is 9.23 Å². The van der Waals surface area contributed by atoms with Gasteiger partial charge in [-0.1, -0.05) is 11.6 Å². The molecule has 0 unspecified atom stereocenters. The van der Waals surface area contributed by atoms with E-state index >= 15 is 0 Å². The van der Waals surface area contributed by atoms with E-state index in [0.717, 1.165) is 15.7 Å². The standard InChI is InChI=1S/C10H11ClOS/c1-13-10-6-8(4-5-9(10)11)12-7-2-3-7/h4-7H,2-3H2,1H3. The molecule has 0 amide bonds. The minimum absolute atomic E-state index is 0.455. The Morgan fingerprint density at radius 2 is 2.23 bits per heavy atom. The number of hydrogen-bond acceptors (Lipinski definition) is 2. The zero-order valence-corrected chi connectivity index (χ0v) is 8.99. The molecule has 2 rings (SSSR count). The normalized spacial score (nSPS) is 15.8. The van der Waals surface area contributed by atoms with Crippen molar-refractivity contribution in [2.75, 3.05) is 6.26 Å². The van der Waals surface area contributed by atoms with E-state index in [1.54, 1.807) is 11.8 Å². The quantitative estimate of drug-likeness (QED) is 0.711. The Morgan fingerprint density at radius 3 is 2.85 bits per heavy atom. The summed E-state index contributed by atoms with van der Waals surface area (Å²) in [6, 6.07) is 5.83. The fourth-order valence-corrected chi connectivity index (χ4v) is 1.94. The second-order valence-electron chi connectivity index (χ2n) is 3.11. The Balaban J connectivity index is 2.16. The summed E-state index contributed by atoms with van der Waals surface area (Å²) in [6.07, 6.45) is 4.85. The maximum absolute atomic E-state index is 5.97. The van der Waals surface area contributed by atoms with Gasteiger partial charge in [-0.05, 0) is 37.3 Å². The third kappa shape index (κ3) is 2.32. The van der Waals surface area contributed by atoms with Crippen molar-refractivity contribution in [2.45, 2.75) is 23.8 Å². The molecule has 70 valence electrons. The Bertz CT molecular complexity index is 310. The predicted octanol–water partition coefficient (Wildman–Crippen LogP) is 3.60. The predicted molar refractivity (Wildman–Crippen MR) is 56.9 cm³/mol. The maximum atomic E-state index is 5.97. The van der Waals surface area contributed by atoms with Crippen LogP contribution in [0.15, 0.2) is 23.1 Å². The van der Waals surface area contributed by atoms with Gasteiger partial charge in [0.1, 0.15) is 5.75 Å². The van der Waals surface area contributed by atoms with Crippen molar-refractivity contribution >= 4 is 23.4 Å². The largest absolute Gasteiger partial charge is 0.490 e. The van der Waals surface area contributed by atoms with Gasteiger partial charge in [0.25, 0.3) is 0 Å². The fraction of sp³-hybridized carbons (Fsp3) is 0.400. The summed E-state index contributed by atoms with van der Waals surface area (Å²) in [5, 5.41) is 0.802. The van der Waals surface area contributed by atoms with Gasteiger partial charge < -0.3 is 4.74 Å². The van der Waals surface area contributed by atoms with Gasteiger partial charge >= 0.3 is 0 Å². The Labute approximate surface area is 87.4 Å². The van der Waals surface area contributed by atoms with E-state index in [-0.39, 0.29) is 0 Å². The number of benzene rings is 1. The molecule has 0 N–H and O–H groups in total. The molecule has 0 radical (unpaired) electrons. The average Bonchev–Trinajstić information content (AvgIpc) is 2.92. The summed E-state index contributed by atoms with van der Waals surface area (Å²) in [6.45, 7) is 0. The molecule has 0 heterocycles. The number of ether oxygens (including phenoxy) is 1. The third-order valence-electron chi connectivity index (χ3n) is 1.95. The summed E-state index contributed by atoms with van der Waals surface area (Å²) >= 11 is 7.62. The number of rotatable bonds is 3. The smallest absolute Gasteiger partial charge is 0.120 e. The van der Waals surface area contributed by atoms with Crippen LogP contribution in [0.2, 0.25) is 5.02 Å². The minimum Gasteiger partial charge on any atom is -0.490 e. The molecule has 1 fully saturated rings. The van der Waals surface area contributed by atoms with Crippen LogP contribution in [0.25, 0.3) is 0 Å². The highest BCUT2D eigenvalue weighted by molar-refractivity contribution is 7.98. The lowest BCUT2D eigenvalue weighted by atomic mass is 10.3. The molecular weight excluding hydrogens is 204 g/mol. The first-order chi connectivity index (χ1) is 6.29. The van der Waals surface area contributed by atoms with E-state index in [2.05, 4.69) is 0 Å². The van der Waals surface area contributed by atoms with Crippen molar-refractivity contribution in [3.05, 3.63) is 23.2 Å². The van der Waals surface area contributed by atoms with Gasteiger partial charge in [-0.3, -0.25) is 0 Å². The molecule has 3 heteroatoms. The Hall–Kier alpha value is -0.340. The van der Waals surface area contributed by atoms with Crippen molar-refractivity contribution in [3.8, 4) is 5.75 Å². The van der Waals surface area contributed by atoms with Gasteiger partial charge in [0.05, 0.1) is 11.1 Å². The molecule has 0 spiro atoms. The van der Waals surface area contributed by atoms with Crippen LogP contribution >= 0.6 is 23.4 Å². The molecule has 13 heavy (non-hydrogen) atoms. The summed E-state index contributed by atoms with van der Waals surface area (Å²) in [7, 11) is 0. The second-order valence-corrected chi connectivity index (χ2v) is 4.37. The van der Waals surface area contributed by atoms with Gasteiger partial charge in [-0.15, -0.1) is 11.8 Å². The monoisotopic (exact) mass is 214 g/mol. The average molecular weight is 215 g/mol. The number of hydrogen-bond donors (Lipinski definition) is 0. The maximum Gasteiger partial charge on any atom is 0.120 e. The molecule has 0 saturated heterocycles. The van der Waals surface area contributed by atoms with Crippen molar-refractivity contribution in [3.63, 3.8) is 0 Å². The van der Waals surface area contributed by atoms with Gasteiger partial charge in [-0.2, -0.15) is 0 Å². The highest BCUT2D eigenvalue weighted by Gasteiger charge is 2.23. The van der Waals surface area contributed by atoms with E-state index in [1.807, 2.05) is 24.5 Å². The SMILES string of the molecule is CSc1cc(OC2CC2)ccc1Cl. The number of thioether (sulfide) groups is 1. The van der Waals surface area contributed by atoms with Crippen molar-refractivity contribution in [1.29, 1.82) is 0 Å². The number of halogens is 1. The Kier molecular flexibility index (Phi) is 2.70. The van der Waals surface area contributed by atoms with Crippen LogP contribution in [0.4, 0.5) is 0 Å². The summed E-state index contributed by atoms with van der Waals surface area (Å²) < 4.78 is 5.65. The third-order valence-corrected chi connectivity index (χ3v) is 3.17. The highest BCUT2D eigenvalue weighted by atomic mass is 35.5. The highest BCUT2D eigenvalue weighted by Crippen LogP contribution is 2.32. The zero-order chi connectivity index (χ0) is 9.26. The van der Waals surface area contributed by atoms with Crippen LogP contribution in [-0.2, 0) is 0 Å². The van der Waals surface area contributed by atoms with Crippen LogP contribution in [0, 0.1) is 0 Å². The minimum atomic E-state index is 0.455. The van der Waals surface area contributed by atoms with Crippen LogP contribution in [0.5, 0.6) is 5.75 Å². The lowest BCUT2D eigenvalue weighted by Crippen LogP contribution is -1.95. The van der Waals surface area contributed by atoms with E-state index in [0.29, 0.717) is 6.10 Å². The van der Waals surface area contributed by atoms with Crippen molar-refractivity contribution in [1.82, 2.24) is 0 Å². The first-order valence-electron chi connectivity index (χ1n) is 4.30. The van der Waals surface area contributed by atoms with Crippen LogP contribution < -0.4 is 4.74 Å². The van der Waals surface area contributed by atoms with Gasteiger partial charge in [0.15, 0.2) is 0 Å². The molecule has 1 aliphatic carbocycles. The molecule has 1 aromatic carbocycles. The molecule has 0 bridgehead atoms. The summed E-state index contributed by atoms with van der Waals surface area (Å²) in [4.78, 5) is 1.08. The first-order valence-corrected chi connectivity index (χ1v) is 5.90. The molecule has 1 saturated carbocycles. The summed E-state index contributed by atoms with van der Waals surface area (Å²) in [5.74, 6) is 0.941. The molecule has 1 aromatic rings. The van der Waals surface area contributed by atoms with Crippen LogP contribution in [-0.4, -0.2) is 12.4 Å². The van der Waals surface area contributed by atoms with E-state index < -0.39 is 0 Å². The molecule has 0 aliphatic heterocycles. The van der Waals surface area contributed by atoms with E-state index in [1.165, 1.54) is 12.8 Å². The van der Waals surface area contributed by atoms with Crippen molar-refractivity contribution in [2.24, 2.45) is 0 Å². The second kappa shape index (κ2) is 3.81. The Morgan fingerprint density at radius 1 is 1.46 bits per heavy atom. The zero-order valence-electron chi connectivity index (χ0n) is 7.42. The molecular formula is C10H11ClOS. The van der Waals surface area contributed by atoms with E-state index in [9.17, 15) is 0 Å². The van der Waals surface area contributed by atoms with Crippen LogP contribution in [0.1, 0.15) is 12.8 Å². The van der Waals surface area contributed by atoms with Gasteiger partial charge in [-0.25, -0.2) is 0 Å². The fourth-order valence-electron chi connectivity index (χ4n) is 1.09.